The quantitative estimate of drug-likeness (QED) is 0.737. The minimum absolute atomic E-state index is 0.105. The number of nitrogens with zero attached hydrogens (tertiary/aromatic N) is 1. The Kier molecular flexibility index (Phi) is 6.76. The van der Waals surface area contributed by atoms with Crippen LogP contribution in [0.3, 0.4) is 0 Å². The van der Waals surface area contributed by atoms with Gasteiger partial charge in [0.05, 0.1) is 18.3 Å². The van der Waals surface area contributed by atoms with E-state index in [1.807, 2.05) is 20.8 Å². The third-order valence-electron chi connectivity index (χ3n) is 4.63. The molecule has 1 N–H and O–H groups in total. The molecule has 1 saturated heterocycles. The van der Waals surface area contributed by atoms with E-state index in [4.69, 9.17) is 14.2 Å². The molecule has 2 heterocycles. The maximum absolute atomic E-state index is 12.9. The van der Waals surface area contributed by atoms with Crippen LogP contribution in [0.4, 0.5) is 13.2 Å². The monoisotopic (exact) mass is 391 g/mol. The first-order chi connectivity index (χ1) is 12.5. The fourth-order valence-corrected chi connectivity index (χ4v) is 3.49. The molecule has 2 rings (SSSR count). The molecule has 154 valence electrons. The molecule has 0 unspecified atom stereocenters. The van der Waals surface area contributed by atoms with E-state index in [1.165, 1.54) is 26.0 Å². The van der Waals surface area contributed by atoms with Gasteiger partial charge in [-0.3, -0.25) is 0 Å². The first-order valence-electron chi connectivity index (χ1n) is 9.22. The Hall–Kier alpha value is -1.38. The molecule has 1 aliphatic heterocycles. The van der Waals surface area contributed by atoms with Gasteiger partial charge in [-0.1, -0.05) is 19.9 Å². The van der Waals surface area contributed by atoms with Crippen molar-refractivity contribution < 1.29 is 32.5 Å². The molecule has 8 heteroatoms. The highest BCUT2D eigenvalue weighted by molar-refractivity contribution is 5.18. The minimum Gasteiger partial charge on any atom is -0.471 e. The summed E-state index contributed by atoms with van der Waals surface area (Å²) in [6.07, 6.45) is -4.89. The van der Waals surface area contributed by atoms with Crippen LogP contribution in [-0.4, -0.2) is 40.3 Å². The van der Waals surface area contributed by atoms with Crippen molar-refractivity contribution in [3.63, 3.8) is 0 Å². The average Bonchev–Trinajstić information content (AvgIpc) is 2.56. The predicted octanol–water partition coefficient (Wildman–Crippen LogP) is 4.18. The molecule has 27 heavy (non-hydrogen) atoms. The highest BCUT2D eigenvalue weighted by Gasteiger charge is 2.46. The van der Waals surface area contributed by atoms with Gasteiger partial charge in [-0.15, -0.1) is 0 Å². The predicted molar refractivity (Wildman–Crippen MR) is 93.2 cm³/mol. The first kappa shape index (κ1) is 21.9. The Bertz CT molecular complexity index is 618. The lowest BCUT2D eigenvalue weighted by molar-refractivity contribution is -0.279. The number of pyridine rings is 1. The summed E-state index contributed by atoms with van der Waals surface area (Å²) in [4.78, 5) is 3.60. The molecule has 0 saturated carbocycles. The number of hydrogen-bond acceptors (Lipinski definition) is 5. The van der Waals surface area contributed by atoms with Crippen molar-refractivity contribution in [2.75, 3.05) is 0 Å². The molecule has 1 aromatic heterocycles. The molecule has 0 radical (unpaired) electrons. The van der Waals surface area contributed by atoms with Crippen molar-refractivity contribution in [1.29, 1.82) is 0 Å². The molecular formula is C19H28F3NO4. The van der Waals surface area contributed by atoms with Crippen molar-refractivity contribution >= 4 is 0 Å². The second-order valence-electron chi connectivity index (χ2n) is 7.33. The van der Waals surface area contributed by atoms with Gasteiger partial charge in [0, 0.05) is 12.0 Å². The number of ether oxygens (including phenoxy) is 3. The highest BCUT2D eigenvalue weighted by Crippen LogP contribution is 2.36. The van der Waals surface area contributed by atoms with E-state index in [0.29, 0.717) is 12.8 Å². The number of halogens is 3. The van der Waals surface area contributed by atoms with Crippen molar-refractivity contribution in [2.24, 2.45) is 5.92 Å². The van der Waals surface area contributed by atoms with Crippen molar-refractivity contribution in [2.45, 2.75) is 83.8 Å². The van der Waals surface area contributed by atoms with Crippen molar-refractivity contribution in [3.05, 3.63) is 23.9 Å². The molecule has 0 amide bonds. The Morgan fingerprint density at radius 1 is 1.15 bits per heavy atom. The van der Waals surface area contributed by atoms with Crippen LogP contribution in [0.25, 0.3) is 0 Å². The molecule has 0 spiro atoms. The van der Waals surface area contributed by atoms with E-state index in [2.05, 4.69) is 4.98 Å². The Morgan fingerprint density at radius 2 is 1.81 bits per heavy atom. The summed E-state index contributed by atoms with van der Waals surface area (Å²) in [6.45, 7) is 8.80. The molecule has 0 aromatic carbocycles. The number of hydrogen-bond donors (Lipinski definition) is 1. The van der Waals surface area contributed by atoms with Gasteiger partial charge in [0.25, 0.3) is 0 Å². The number of rotatable bonds is 6. The zero-order chi connectivity index (χ0) is 20.4. The third kappa shape index (κ3) is 5.56. The van der Waals surface area contributed by atoms with Crippen LogP contribution in [0.15, 0.2) is 18.2 Å². The van der Waals surface area contributed by atoms with E-state index in [0.717, 1.165) is 6.07 Å². The van der Waals surface area contributed by atoms with Gasteiger partial charge in [-0.25, -0.2) is 4.98 Å². The second-order valence-corrected chi connectivity index (χ2v) is 7.33. The van der Waals surface area contributed by atoms with Crippen LogP contribution >= 0.6 is 0 Å². The molecule has 0 aliphatic carbocycles. The summed E-state index contributed by atoms with van der Waals surface area (Å²) in [5.74, 6) is -1.65. The van der Waals surface area contributed by atoms with Gasteiger partial charge >= 0.3 is 6.18 Å². The molecule has 1 aromatic rings. The largest absolute Gasteiger partial charge is 0.471 e. The summed E-state index contributed by atoms with van der Waals surface area (Å²) in [5.41, 5.74) is -1.00. The molecule has 1 aliphatic rings. The Labute approximate surface area is 157 Å². The fourth-order valence-electron chi connectivity index (χ4n) is 3.49. The summed E-state index contributed by atoms with van der Waals surface area (Å²) < 4.78 is 56.5. The summed E-state index contributed by atoms with van der Waals surface area (Å²) >= 11 is 0. The van der Waals surface area contributed by atoms with Crippen LogP contribution in [0.5, 0.6) is 5.88 Å². The van der Waals surface area contributed by atoms with Crippen LogP contribution in [-0.2, 0) is 15.7 Å². The van der Waals surface area contributed by atoms with Gasteiger partial charge in [-0.2, -0.15) is 13.2 Å². The molecule has 5 atom stereocenters. The molecule has 0 bridgehead atoms. The summed E-state index contributed by atoms with van der Waals surface area (Å²) in [6, 6.07) is 3.57. The van der Waals surface area contributed by atoms with Crippen LogP contribution < -0.4 is 4.74 Å². The van der Waals surface area contributed by atoms with Crippen LogP contribution in [0.1, 0.15) is 53.2 Å². The normalized spacial score (nSPS) is 29.6. The minimum atomic E-state index is -4.54. The number of alkyl halides is 3. The zero-order valence-corrected chi connectivity index (χ0v) is 16.3. The van der Waals surface area contributed by atoms with Gasteiger partial charge in [0.2, 0.25) is 5.88 Å². The zero-order valence-electron chi connectivity index (χ0n) is 16.3. The fraction of sp³-hybridized carbons (Fsp3) is 0.737. The number of aromatic nitrogens is 1. The van der Waals surface area contributed by atoms with Gasteiger partial charge in [0.15, 0.2) is 5.79 Å². The highest BCUT2D eigenvalue weighted by atomic mass is 19.4. The lowest BCUT2D eigenvalue weighted by Gasteiger charge is -2.46. The molecule has 1 fully saturated rings. The van der Waals surface area contributed by atoms with Crippen LogP contribution in [0, 0.1) is 5.92 Å². The van der Waals surface area contributed by atoms with E-state index in [-0.39, 0.29) is 24.0 Å². The van der Waals surface area contributed by atoms with Gasteiger partial charge < -0.3 is 19.3 Å². The Balaban J connectivity index is 2.30. The second kappa shape index (κ2) is 8.32. The smallest absolute Gasteiger partial charge is 0.433 e. The van der Waals surface area contributed by atoms with Gasteiger partial charge in [-0.05, 0) is 39.7 Å². The summed E-state index contributed by atoms with van der Waals surface area (Å²) in [5, 5.41) is 10.1. The molecule has 5 nitrogen and oxygen atoms in total. The lowest BCUT2D eigenvalue weighted by Crippen LogP contribution is -2.57. The van der Waals surface area contributed by atoms with Crippen molar-refractivity contribution in [1.82, 2.24) is 4.98 Å². The molecular weight excluding hydrogens is 363 g/mol. The van der Waals surface area contributed by atoms with E-state index >= 15 is 0 Å². The van der Waals surface area contributed by atoms with E-state index < -0.39 is 29.9 Å². The van der Waals surface area contributed by atoms with Gasteiger partial charge in [0.1, 0.15) is 11.8 Å². The number of aliphatic hydroxyl groups is 1. The lowest BCUT2D eigenvalue weighted by atomic mass is 9.83. The maximum atomic E-state index is 12.9. The van der Waals surface area contributed by atoms with E-state index in [1.54, 1.807) is 0 Å². The van der Waals surface area contributed by atoms with Crippen LogP contribution in [0.2, 0.25) is 0 Å². The Morgan fingerprint density at radius 3 is 2.33 bits per heavy atom. The summed E-state index contributed by atoms with van der Waals surface area (Å²) in [7, 11) is 0. The maximum Gasteiger partial charge on any atom is 0.433 e. The first-order valence-corrected chi connectivity index (χ1v) is 9.22. The van der Waals surface area contributed by atoms with Crippen molar-refractivity contribution in [3.8, 4) is 5.88 Å². The standard InChI is InChI=1S/C19H28F3NO4/c1-6-12-16(27-18(4,5)24)11(3)25-13(7-2)17(12)26-15-10-8-9-14(23-15)19(20,21)22/h8-13,16-17,24H,6-7H2,1-5H3/t11-,12+,13-,16+,17-/m1/s1. The average molecular weight is 391 g/mol. The SMILES string of the molecule is CC[C@H]1[C@@H](OC(C)(C)O)[C@@H](C)O[C@H](CC)[C@@H]1Oc1cccc(C(F)(F)F)n1. The third-order valence-corrected chi connectivity index (χ3v) is 4.63. The van der Waals surface area contributed by atoms with E-state index in [9.17, 15) is 18.3 Å². The topological polar surface area (TPSA) is 60.8 Å².